The standard InChI is InChI=1S/C15H24N2O/c1-11-6-7-12(2)13(9-11)10-14(17-16)15-5-3-4-8-18-15/h6-7,9,14-15,17H,3-5,8,10,16H2,1-2H3. The fourth-order valence-corrected chi connectivity index (χ4v) is 2.64. The number of hydrogen-bond acceptors (Lipinski definition) is 3. The van der Waals surface area contributed by atoms with Crippen molar-refractivity contribution in [2.24, 2.45) is 5.84 Å². The first-order chi connectivity index (χ1) is 8.70. The molecule has 2 rings (SSSR count). The zero-order valence-corrected chi connectivity index (χ0v) is 11.4. The van der Waals surface area contributed by atoms with Crippen LogP contribution in [0.15, 0.2) is 18.2 Å². The van der Waals surface area contributed by atoms with E-state index >= 15 is 0 Å². The van der Waals surface area contributed by atoms with Crippen LogP contribution in [-0.4, -0.2) is 18.8 Å². The molecule has 2 unspecified atom stereocenters. The third kappa shape index (κ3) is 3.31. The van der Waals surface area contributed by atoms with Crippen molar-refractivity contribution in [3.63, 3.8) is 0 Å². The van der Waals surface area contributed by atoms with Gasteiger partial charge in [-0.05, 0) is 50.7 Å². The number of aryl methyl sites for hydroxylation is 2. The molecule has 3 heteroatoms. The second-order valence-electron chi connectivity index (χ2n) is 5.31. The molecule has 1 saturated heterocycles. The Morgan fingerprint density at radius 3 is 2.89 bits per heavy atom. The summed E-state index contributed by atoms with van der Waals surface area (Å²) in [6.07, 6.45) is 4.73. The van der Waals surface area contributed by atoms with Crippen LogP contribution in [0.5, 0.6) is 0 Å². The number of hydrogen-bond donors (Lipinski definition) is 2. The maximum atomic E-state index is 5.83. The number of nitrogens with two attached hydrogens (primary N) is 1. The molecule has 100 valence electrons. The number of benzene rings is 1. The van der Waals surface area contributed by atoms with Crippen LogP contribution in [0.25, 0.3) is 0 Å². The lowest BCUT2D eigenvalue weighted by Gasteiger charge is -2.30. The van der Waals surface area contributed by atoms with Gasteiger partial charge in [-0.1, -0.05) is 23.8 Å². The summed E-state index contributed by atoms with van der Waals surface area (Å²) >= 11 is 0. The fourth-order valence-electron chi connectivity index (χ4n) is 2.64. The molecule has 0 saturated carbocycles. The highest BCUT2D eigenvalue weighted by Crippen LogP contribution is 2.20. The van der Waals surface area contributed by atoms with Gasteiger partial charge in [0.1, 0.15) is 0 Å². The van der Waals surface area contributed by atoms with Gasteiger partial charge in [0.2, 0.25) is 0 Å². The fraction of sp³-hybridized carbons (Fsp3) is 0.600. The molecule has 3 nitrogen and oxygen atoms in total. The molecule has 1 aromatic carbocycles. The summed E-state index contributed by atoms with van der Waals surface area (Å²) in [6, 6.07) is 6.80. The largest absolute Gasteiger partial charge is 0.377 e. The van der Waals surface area contributed by atoms with Crippen molar-refractivity contribution in [3.05, 3.63) is 34.9 Å². The molecular formula is C15H24N2O. The van der Waals surface area contributed by atoms with E-state index in [1.54, 1.807) is 0 Å². The summed E-state index contributed by atoms with van der Waals surface area (Å²) in [7, 11) is 0. The predicted molar refractivity (Wildman–Crippen MR) is 74.3 cm³/mol. The van der Waals surface area contributed by atoms with Gasteiger partial charge in [0.25, 0.3) is 0 Å². The van der Waals surface area contributed by atoms with E-state index in [2.05, 4.69) is 37.5 Å². The summed E-state index contributed by atoms with van der Waals surface area (Å²) < 4.78 is 5.83. The molecule has 1 aliphatic heterocycles. The van der Waals surface area contributed by atoms with Crippen LogP contribution in [0.2, 0.25) is 0 Å². The van der Waals surface area contributed by atoms with Crippen molar-refractivity contribution in [2.45, 2.75) is 51.7 Å². The van der Waals surface area contributed by atoms with Crippen molar-refractivity contribution in [1.29, 1.82) is 0 Å². The van der Waals surface area contributed by atoms with Crippen LogP contribution in [0.3, 0.4) is 0 Å². The van der Waals surface area contributed by atoms with Crippen molar-refractivity contribution < 1.29 is 4.74 Å². The van der Waals surface area contributed by atoms with Gasteiger partial charge in [-0.15, -0.1) is 0 Å². The molecule has 0 amide bonds. The molecule has 1 fully saturated rings. The van der Waals surface area contributed by atoms with Gasteiger partial charge >= 0.3 is 0 Å². The highest BCUT2D eigenvalue weighted by atomic mass is 16.5. The van der Waals surface area contributed by atoms with E-state index in [1.165, 1.54) is 29.5 Å². The molecule has 2 atom stereocenters. The van der Waals surface area contributed by atoms with Crippen molar-refractivity contribution in [2.75, 3.05) is 6.61 Å². The van der Waals surface area contributed by atoms with Crippen molar-refractivity contribution in [3.8, 4) is 0 Å². The van der Waals surface area contributed by atoms with Crippen LogP contribution in [-0.2, 0) is 11.2 Å². The Balaban J connectivity index is 2.06. The quantitative estimate of drug-likeness (QED) is 0.634. The Morgan fingerprint density at radius 1 is 1.39 bits per heavy atom. The molecule has 18 heavy (non-hydrogen) atoms. The Bertz CT molecular complexity index is 386. The number of rotatable bonds is 4. The Hall–Kier alpha value is -0.900. The lowest BCUT2D eigenvalue weighted by atomic mass is 9.93. The predicted octanol–water partition coefficient (Wildman–Crippen LogP) is 2.25. The first-order valence-electron chi connectivity index (χ1n) is 6.84. The summed E-state index contributed by atoms with van der Waals surface area (Å²) in [5.74, 6) is 5.71. The van der Waals surface area contributed by atoms with E-state index in [9.17, 15) is 0 Å². The third-order valence-electron chi connectivity index (χ3n) is 3.82. The zero-order valence-electron chi connectivity index (χ0n) is 11.4. The van der Waals surface area contributed by atoms with Gasteiger partial charge in [0.05, 0.1) is 12.1 Å². The molecule has 0 spiro atoms. The average Bonchev–Trinajstić information content (AvgIpc) is 2.41. The number of hydrazine groups is 1. The summed E-state index contributed by atoms with van der Waals surface area (Å²) in [5, 5.41) is 0. The van der Waals surface area contributed by atoms with E-state index < -0.39 is 0 Å². The van der Waals surface area contributed by atoms with E-state index in [1.807, 2.05) is 0 Å². The molecule has 3 N–H and O–H groups in total. The maximum Gasteiger partial charge on any atom is 0.0744 e. The van der Waals surface area contributed by atoms with Gasteiger partial charge in [-0.2, -0.15) is 0 Å². The third-order valence-corrected chi connectivity index (χ3v) is 3.82. The van der Waals surface area contributed by atoms with E-state index in [0.29, 0.717) is 0 Å². The maximum absolute atomic E-state index is 5.83. The smallest absolute Gasteiger partial charge is 0.0744 e. The van der Waals surface area contributed by atoms with Gasteiger partial charge in [0, 0.05) is 6.61 Å². The second-order valence-corrected chi connectivity index (χ2v) is 5.31. The SMILES string of the molecule is Cc1ccc(C)c(CC(NN)C2CCCCO2)c1. The summed E-state index contributed by atoms with van der Waals surface area (Å²) in [5.41, 5.74) is 6.94. The first-order valence-corrected chi connectivity index (χ1v) is 6.84. The van der Waals surface area contributed by atoms with Gasteiger partial charge in [0.15, 0.2) is 0 Å². The Kier molecular flexibility index (Phi) is 4.75. The minimum Gasteiger partial charge on any atom is -0.377 e. The Labute approximate surface area is 110 Å². The van der Waals surface area contributed by atoms with E-state index in [-0.39, 0.29) is 12.1 Å². The van der Waals surface area contributed by atoms with Gasteiger partial charge in [-0.3, -0.25) is 11.3 Å². The lowest BCUT2D eigenvalue weighted by molar-refractivity contribution is -0.00746. The molecular weight excluding hydrogens is 224 g/mol. The first kappa shape index (κ1) is 13.5. The molecule has 1 aromatic rings. The topological polar surface area (TPSA) is 47.3 Å². The van der Waals surface area contributed by atoms with Crippen LogP contribution in [0.1, 0.15) is 36.0 Å². The van der Waals surface area contributed by atoms with Crippen LogP contribution < -0.4 is 11.3 Å². The molecule has 0 radical (unpaired) electrons. The van der Waals surface area contributed by atoms with Gasteiger partial charge < -0.3 is 4.74 Å². The second kappa shape index (κ2) is 6.32. The summed E-state index contributed by atoms with van der Waals surface area (Å²) in [4.78, 5) is 0. The Morgan fingerprint density at radius 2 is 2.22 bits per heavy atom. The minimum atomic E-state index is 0.214. The van der Waals surface area contributed by atoms with Crippen molar-refractivity contribution >= 4 is 0 Å². The lowest BCUT2D eigenvalue weighted by Crippen LogP contribution is -2.47. The van der Waals surface area contributed by atoms with E-state index in [4.69, 9.17) is 10.6 Å². The number of ether oxygens (including phenoxy) is 1. The van der Waals surface area contributed by atoms with Crippen LogP contribution >= 0.6 is 0 Å². The highest BCUT2D eigenvalue weighted by molar-refractivity contribution is 5.31. The molecule has 1 aliphatic rings. The molecule has 0 aromatic heterocycles. The normalized spacial score (nSPS) is 21.8. The van der Waals surface area contributed by atoms with Crippen molar-refractivity contribution in [1.82, 2.24) is 5.43 Å². The van der Waals surface area contributed by atoms with Crippen LogP contribution in [0, 0.1) is 13.8 Å². The molecule has 0 bridgehead atoms. The van der Waals surface area contributed by atoms with E-state index in [0.717, 1.165) is 19.4 Å². The van der Waals surface area contributed by atoms with Gasteiger partial charge in [-0.25, -0.2) is 0 Å². The number of nitrogens with one attached hydrogen (secondary N) is 1. The monoisotopic (exact) mass is 248 g/mol. The zero-order chi connectivity index (χ0) is 13.0. The average molecular weight is 248 g/mol. The van der Waals surface area contributed by atoms with Crippen LogP contribution in [0.4, 0.5) is 0 Å². The highest BCUT2D eigenvalue weighted by Gasteiger charge is 2.24. The molecule has 1 heterocycles. The summed E-state index contributed by atoms with van der Waals surface area (Å²) in [6.45, 7) is 5.16. The molecule has 0 aliphatic carbocycles. The minimum absolute atomic E-state index is 0.214.